The molecule has 0 saturated heterocycles. The fourth-order valence-corrected chi connectivity index (χ4v) is 3.63. The molecule has 0 fully saturated rings. The Morgan fingerprint density at radius 1 is 1.09 bits per heavy atom. The number of carbonyl (C=O) groups excluding carboxylic acids is 1. The van der Waals surface area contributed by atoms with Crippen molar-refractivity contribution in [3.05, 3.63) is 59.7 Å². The van der Waals surface area contributed by atoms with E-state index in [-0.39, 0.29) is 11.3 Å². The van der Waals surface area contributed by atoms with Gasteiger partial charge in [-0.3, -0.25) is 4.79 Å². The summed E-state index contributed by atoms with van der Waals surface area (Å²) in [4.78, 5) is 15.1. The Morgan fingerprint density at radius 3 is 2.43 bits per heavy atom. The Hall–Kier alpha value is -2.29. The van der Waals surface area contributed by atoms with E-state index in [1.807, 2.05) is 35.2 Å². The van der Waals surface area contributed by atoms with Crippen molar-refractivity contribution < 1.29 is 9.53 Å². The first-order valence-electron chi connectivity index (χ1n) is 8.21. The highest BCUT2D eigenvalue weighted by molar-refractivity contribution is 6.09. The Morgan fingerprint density at radius 2 is 1.74 bits per heavy atom. The molecule has 1 aliphatic heterocycles. The van der Waals surface area contributed by atoms with Crippen LogP contribution < -0.4 is 9.64 Å². The van der Waals surface area contributed by atoms with Crippen molar-refractivity contribution >= 4 is 11.6 Å². The quantitative estimate of drug-likeness (QED) is 0.837. The molecule has 0 N–H and O–H groups in total. The molecule has 0 aliphatic carbocycles. The van der Waals surface area contributed by atoms with E-state index in [1.165, 1.54) is 5.56 Å². The SMILES string of the molecule is CCC1(CC)CN(C(=O)c2ccccc2OC)c2ccccc21. The Kier molecular flexibility index (Phi) is 4.12. The maximum absolute atomic E-state index is 13.2. The van der Waals surface area contributed by atoms with E-state index in [4.69, 9.17) is 4.74 Å². The number of rotatable bonds is 4. The summed E-state index contributed by atoms with van der Waals surface area (Å²) in [5, 5.41) is 0. The summed E-state index contributed by atoms with van der Waals surface area (Å²) in [5.74, 6) is 0.638. The van der Waals surface area contributed by atoms with Crippen LogP contribution in [0.15, 0.2) is 48.5 Å². The van der Waals surface area contributed by atoms with Crippen LogP contribution in [0.3, 0.4) is 0 Å². The van der Waals surface area contributed by atoms with Crippen LogP contribution in [-0.4, -0.2) is 19.6 Å². The van der Waals surface area contributed by atoms with Crippen LogP contribution in [0.2, 0.25) is 0 Å². The first-order valence-corrected chi connectivity index (χ1v) is 8.21. The predicted octanol–water partition coefficient (Wildman–Crippen LogP) is 4.41. The zero-order valence-electron chi connectivity index (χ0n) is 14.0. The summed E-state index contributed by atoms with van der Waals surface area (Å²) >= 11 is 0. The third-order valence-electron chi connectivity index (χ3n) is 5.16. The molecular weight excluding hydrogens is 286 g/mol. The highest BCUT2D eigenvalue weighted by Gasteiger charge is 2.42. The summed E-state index contributed by atoms with van der Waals surface area (Å²) in [6.07, 6.45) is 2.05. The van der Waals surface area contributed by atoms with Crippen LogP contribution in [0.25, 0.3) is 0 Å². The molecule has 0 spiro atoms. The van der Waals surface area contributed by atoms with Crippen molar-refractivity contribution in [1.29, 1.82) is 0 Å². The van der Waals surface area contributed by atoms with Crippen LogP contribution in [0.1, 0.15) is 42.6 Å². The maximum atomic E-state index is 13.2. The molecule has 120 valence electrons. The van der Waals surface area contributed by atoms with Crippen LogP contribution in [0, 0.1) is 0 Å². The van der Waals surface area contributed by atoms with Gasteiger partial charge in [-0.1, -0.05) is 44.2 Å². The highest BCUT2D eigenvalue weighted by Crippen LogP contribution is 2.45. The van der Waals surface area contributed by atoms with E-state index < -0.39 is 0 Å². The lowest BCUT2D eigenvalue weighted by molar-refractivity contribution is 0.0981. The number of hydrogen-bond donors (Lipinski definition) is 0. The smallest absolute Gasteiger partial charge is 0.262 e. The molecule has 0 atom stereocenters. The van der Waals surface area contributed by atoms with E-state index in [0.717, 1.165) is 25.1 Å². The summed E-state index contributed by atoms with van der Waals surface area (Å²) in [5.41, 5.74) is 2.99. The molecule has 0 aromatic heterocycles. The standard InChI is InChI=1S/C20H23NO2/c1-4-20(5-2)14-21(17-12-8-7-11-16(17)20)19(22)15-10-6-9-13-18(15)23-3/h6-13H,4-5,14H2,1-3H3. The van der Waals surface area contributed by atoms with E-state index in [2.05, 4.69) is 32.0 Å². The molecule has 3 nitrogen and oxygen atoms in total. The summed E-state index contributed by atoms with van der Waals surface area (Å²) in [7, 11) is 1.60. The van der Waals surface area contributed by atoms with Gasteiger partial charge in [-0.15, -0.1) is 0 Å². The number of anilines is 1. The number of nitrogens with zero attached hydrogens (tertiary/aromatic N) is 1. The fourth-order valence-electron chi connectivity index (χ4n) is 3.63. The van der Waals surface area contributed by atoms with Crippen molar-refractivity contribution in [1.82, 2.24) is 0 Å². The van der Waals surface area contributed by atoms with Crippen LogP contribution in [0.5, 0.6) is 5.75 Å². The molecule has 2 aromatic carbocycles. The molecule has 2 aromatic rings. The first kappa shape index (κ1) is 15.6. The fraction of sp³-hybridized carbons (Fsp3) is 0.350. The average molecular weight is 309 g/mol. The Bertz CT molecular complexity index is 719. The molecule has 0 radical (unpaired) electrons. The lowest BCUT2D eigenvalue weighted by Gasteiger charge is -2.27. The van der Waals surface area contributed by atoms with Gasteiger partial charge in [0.15, 0.2) is 0 Å². The van der Waals surface area contributed by atoms with Gasteiger partial charge in [0, 0.05) is 17.6 Å². The van der Waals surface area contributed by atoms with Gasteiger partial charge >= 0.3 is 0 Å². The molecular formula is C20H23NO2. The van der Waals surface area contributed by atoms with E-state index >= 15 is 0 Å². The molecule has 0 bridgehead atoms. The summed E-state index contributed by atoms with van der Waals surface area (Å²) < 4.78 is 5.37. The lowest BCUT2D eigenvalue weighted by atomic mass is 9.78. The highest BCUT2D eigenvalue weighted by atomic mass is 16.5. The van der Waals surface area contributed by atoms with Gasteiger partial charge in [-0.25, -0.2) is 0 Å². The number of hydrogen-bond acceptors (Lipinski definition) is 2. The molecule has 3 heteroatoms. The molecule has 0 unspecified atom stereocenters. The first-order chi connectivity index (χ1) is 11.2. The van der Waals surface area contributed by atoms with E-state index in [0.29, 0.717) is 11.3 Å². The van der Waals surface area contributed by atoms with Gasteiger partial charge in [0.25, 0.3) is 5.91 Å². The second-order valence-electron chi connectivity index (χ2n) is 6.10. The van der Waals surface area contributed by atoms with Gasteiger partial charge in [0.05, 0.1) is 12.7 Å². The van der Waals surface area contributed by atoms with Gasteiger partial charge in [0.2, 0.25) is 0 Å². The van der Waals surface area contributed by atoms with Crippen LogP contribution in [-0.2, 0) is 5.41 Å². The minimum absolute atomic E-state index is 0.0127. The zero-order valence-corrected chi connectivity index (χ0v) is 14.0. The average Bonchev–Trinajstić information content (AvgIpc) is 2.96. The minimum atomic E-state index is 0.0127. The minimum Gasteiger partial charge on any atom is -0.496 e. The second-order valence-corrected chi connectivity index (χ2v) is 6.10. The monoisotopic (exact) mass is 309 g/mol. The van der Waals surface area contributed by atoms with Crippen molar-refractivity contribution in [2.75, 3.05) is 18.6 Å². The summed E-state index contributed by atoms with van der Waals surface area (Å²) in [6.45, 7) is 5.14. The van der Waals surface area contributed by atoms with Gasteiger partial charge < -0.3 is 9.64 Å². The molecule has 3 rings (SSSR count). The topological polar surface area (TPSA) is 29.5 Å². The van der Waals surface area contributed by atoms with Gasteiger partial charge in [-0.2, -0.15) is 0 Å². The molecule has 1 amide bonds. The third-order valence-corrected chi connectivity index (χ3v) is 5.16. The Labute approximate surface area is 137 Å². The number of ether oxygens (including phenoxy) is 1. The maximum Gasteiger partial charge on any atom is 0.262 e. The number of methoxy groups -OCH3 is 1. The molecule has 0 saturated carbocycles. The van der Waals surface area contributed by atoms with E-state index in [1.54, 1.807) is 7.11 Å². The normalized spacial score (nSPS) is 15.3. The van der Waals surface area contributed by atoms with Crippen molar-refractivity contribution in [2.45, 2.75) is 32.1 Å². The number of benzene rings is 2. The van der Waals surface area contributed by atoms with Crippen molar-refractivity contribution in [2.24, 2.45) is 0 Å². The van der Waals surface area contributed by atoms with Crippen molar-refractivity contribution in [3.63, 3.8) is 0 Å². The van der Waals surface area contributed by atoms with Crippen LogP contribution >= 0.6 is 0 Å². The van der Waals surface area contributed by atoms with Crippen LogP contribution in [0.4, 0.5) is 5.69 Å². The van der Waals surface area contributed by atoms with Gasteiger partial charge in [-0.05, 0) is 36.6 Å². The zero-order chi connectivity index (χ0) is 16.4. The van der Waals surface area contributed by atoms with Gasteiger partial charge in [0.1, 0.15) is 5.75 Å². The van der Waals surface area contributed by atoms with Crippen molar-refractivity contribution in [3.8, 4) is 5.75 Å². The molecule has 1 heterocycles. The number of amides is 1. The largest absolute Gasteiger partial charge is 0.496 e. The molecule has 1 aliphatic rings. The predicted molar refractivity (Wildman–Crippen MR) is 93.4 cm³/mol. The van der Waals surface area contributed by atoms with E-state index in [9.17, 15) is 4.79 Å². The number of fused-ring (bicyclic) bond motifs is 1. The second kappa shape index (κ2) is 6.07. The summed E-state index contributed by atoms with van der Waals surface area (Å²) in [6, 6.07) is 15.7. The molecule has 23 heavy (non-hydrogen) atoms. The Balaban J connectivity index is 2.06. The number of para-hydroxylation sites is 2. The third kappa shape index (κ3) is 2.40. The number of carbonyl (C=O) groups is 1. The lowest BCUT2D eigenvalue weighted by Crippen LogP contribution is -2.36.